The largest absolute Gasteiger partial charge is 0.491 e. The molecule has 0 aliphatic heterocycles. The summed E-state index contributed by atoms with van der Waals surface area (Å²) < 4.78 is 17.7. The van der Waals surface area contributed by atoms with E-state index in [0.29, 0.717) is 11.1 Å². The molecule has 0 unspecified atom stereocenters. The molecule has 0 aliphatic rings. The Morgan fingerprint density at radius 2 is 2.00 bits per heavy atom. The van der Waals surface area contributed by atoms with Gasteiger partial charge in [0.05, 0.1) is 13.3 Å². The Balaban J connectivity index is 2.60. The molecule has 1 N–H and O–H groups in total. The van der Waals surface area contributed by atoms with Crippen molar-refractivity contribution in [3.8, 4) is 16.9 Å². The van der Waals surface area contributed by atoms with Crippen LogP contribution >= 0.6 is 0 Å². The van der Waals surface area contributed by atoms with Crippen LogP contribution in [-0.4, -0.2) is 17.3 Å². The number of methoxy groups -OCH3 is 1. The molecule has 0 fully saturated rings. The van der Waals surface area contributed by atoms with Gasteiger partial charge in [0, 0.05) is 5.56 Å². The van der Waals surface area contributed by atoms with Crippen molar-refractivity contribution in [2.75, 3.05) is 7.11 Å². The molecule has 0 bridgehead atoms. The van der Waals surface area contributed by atoms with Crippen molar-refractivity contribution >= 4 is 0 Å². The van der Waals surface area contributed by atoms with Crippen LogP contribution in [0.15, 0.2) is 35.3 Å². The number of ether oxygens (including phenoxy) is 1. The Morgan fingerprint density at radius 3 is 2.62 bits per heavy atom. The Bertz CT molecular complexity index is 549. The van der Waals surface area contributed by atoms with Gasteiger partial charge in [0.15, 0.2) is 5.75 Å². The van der Waals surface area contributed by atoms with Gasteiger partial charge in [-0.1, -0.05) is 12.1 Å². The summed E-state index contributed by atoms with van der Waals surface area (Å²) in [6.07, 6.45) is 1.47. The van der Waals surface area contributed by atoms with E-state index in [2.05, 4.69) is 10.2 Å². The Kier molecular flexibility index (Phi) is 2.68. The third-order valence-corrected chi connectivity index (χ3v) is 2.17. The molecule has 1 aromatic heterocycles. The smallest absolute Gasteiger partial charge is 0.307 e. The Morgan fingerprint density at radius 1 is 1.31 bits per heavy atom. The number of rotatable bonds is 2. The van der Waals surface area contributed by atoms with Gasteiger partial charge in [0.1, 0.15) is 5.82 Å². The van der Waals surface area contributed by atoms with E-state index >= 15 is 0 Å². The summed E-state index contributed by atoms with van der Waals surface area (Å²) in [5.41, 5.74) is 0.799. The molecule has 0 saturated carbocycles. The molecular weight excluding hydrogens is 211 g/mol. The molecule has 2 aromatic rings. The fraction of sp³-hybridized carbons (Fsp3) is 0.0909. The topological polar surface area (TPSA) is 55.0 Å². The maximum atomic E-state index is 12.7. The maximum Gasteiger partial charge on any atom is 0.307 e. The Labute approximate surface area is 90.7 Å². The number of aromatic amines is 1. The zero-order chi connectivity index (χ0) is 11.5. The molecule has 2 rings (SSSR count). The van der Waals surface area contributed by atoms with Gasteiger partial charge in [0.2, 0.25) is 0 Å². The number of benzene rings is 1. The fourth-order valence-corrected chi connectivity index (χ4v) is 1.42. The lowest BCUT2D eigenvalue weighted by Gasteiger charge is -2.05. The van der Waals surface area contributed by atoms with Gasteiger partial charge < -0.3 is 4.74 Å². The average Bonchev–Trinajstić information content (AvgIpc) is 2.30. The quantitative estimate of drug-likeness (QED) is 0.836. The van der Waals surface area contributed by atoms with Crippen molar-refractivity contribution in [2.45, 2.75) is 0 Å². The van der Waals surface area contributed by atoms with Crippen LogP contribution in [0, 0.1) is 5.82 Å². The van der Waals surface area contributed by atoms with Gasteiger partial charge in [-0.15, -0.1) is 0 Å². The minimum atomic E-state index is -0.413. The predicted octanol–water partition coefficient (Wildman–Crippen LogP) is 1.58. The van der Waals surface area contributed by atoms with Gasteiger partial charge in [-0.05, 0) is 17.7 Å². The van der Waals surface area contributed by atoms with Crippen molar-refractivity contribution in [3.05, 3.63) is 46.6 Å². The molecule has 1 aromatic carbocycles. The minimum Gasteiger partial charge on any atom is -0.491 e. The average molecular weight is 220 g/mol. The summed E-state index contributed by atoms with van der Waals surface area (Å²) in [4.78, 5) is 11.4. The van der Waals surface area contributed by atoms with Crippen LogP contribution in [0.4, 0.5) is 4.39 Å². The lowest BCUT2D eigenvalue weighted by molar-refractivity contribution is 0.408. The second-order valence-corrected chi connectivity index (χ2v) is 3.15. The molecule has 1 heterocycles. The molecule has 0 aliphatic carbocycles. The van der Waals surface area contributed by atoms with Crippen LogP contribution in [0.2, 0.25) is 0 Å². The first kappa shape index (κ1) is 10.4. The monoisotopic (exact) mass is 220 g/mol. The molecule has 0 spiro atoms. The summed E-state index contributed by atoms with van der Waals surface area (Å²) >= 11 is 0. The van der Waals surface area contributed by atoms with Crippen LogP contribution in [0.1, 0.15) is 0 Å². The number of hydrogen-bond acceptors (Lipinski definition) is 3. The Hall–Kier alpha value is -2.17. The van der Waals surface area contributed by atoms with E-state index in [0.717, 1.165) is 0 Å². The van der Waals surface area contributed by atoms with Crippen LogP contribution in [0.3, 0.4) is 0 Å². The SMILES string of the molecule is COc1c(-c2ccc(F)cc2)cn[nH]c1=O. The van der Waals surface area contributed by atoms with Gasteiger partial charge in [-0.25, -0.2) is 9.49 Å². The number of aromatic nitrogens is 2. The van der Waals surface area contributed by atoms with Crippen LogP contribution in [0.25, 0.3) is 11.1 Å². The van der Waals surface area contributed by atoms with Gasteiger partial charge >= 0.3 is 5.56 Å². The number of nitrogens with one attached hydrogen (secondary N) is 1. The maximum absolute atomic E-state index is 12.7. The third kappa shape index (κ3) is 1.79. The summed E-state index contributed by atoms with van der Waals surface area (Å²) in [7, 11) is 1.40. The minimum absolute atomic E-state index is 0.168. The summed E-state index contributed by atoms with van der Waals surface area (Å²) in [5.74, 6) is -0.165. The molecule has 4 nitrogen and oxygen atoms in total. The molecule has 5 heteroatoms. The molecule has 0 saturated heterocycles. The first-order valence-corrected chi connectivity index (χ1v) is 4.60. The third-order valence-electron chi connectivity index (χ3n) is 2.17. The standard InChI is InChI=1S/C11H9FN2O2/c1-16-10-9(6-13-14-11(10)15)7-2-4-8(12)5-3-7/h2-6H,1H3,(H,14,15). The van der Waals surface area contributed by atoms with Crippen LogP contribution < -0.4 is 10.3 Å². The normalized spacial score (nSPS) is 10.1. The van der Waals surface area contributed by atoms with E-state index in [4.69, 9.17) is 4.74 Å². The second kappa shape index (κ2) is 4.14. The first-order chi connectivity index (χ1) is 7.72. The van der Waals surface area contributed by atoms with Crippen molar-refractivity contribution in [3.63, 3.8) is 0 Å². The number of halogens is 1. The van der Waals surface area contributed by atoms with Crippen molar-refractivity contribution in [1.82, 2.24) is 10.2 Å². The van der Waals surface area contributed by atoms with Crippen molar-refractivity contribution in [1.29, 1.82) is 0 Å². The highest BCUT2D eigenvalue weighted by molar-refractivity contribution is 5.68. The predicted molar refractivity (Wildman–Crippen MR) is 56.8 cm³/mol. The molecule has 16 heavy (non-hydrogen) atoms. The molecule has 0 atom stereocenters. The molecule has 0 radical (unpaired) electrons. The zero-order valence-corrected chi connectivity index (χ0v) is 8.53. The molecule has 0 amide bonds. The van der Waals surface area contributed by atoms with Crippen LogP contribution in [0.5, 0.6) is 5.75 Å². The number of hydrogen-bond donors (Lipinski definition) is 1. The van der Waals surface area contributed by atoms with E-state index in [9.17, 15) is 9.18 Å². The highest BCUT2D eigenvalue weighted by Gasteiger charge is 2.09. The van der Waals surface area contributed by atoms with E-state index in [1.165, 1.54) is 25.4 Å². The van der Waals surface area contributed by atoms with Gasteiger partial charge in [0.25, 0.3) is 0 Å². The number of nitrogens with zero attached hydrogens (tertiary/aromatic N) is 1. The van der Waals surface area contributed by atoms with Crippen molar-refractivity contribution in [2.24, 2.45) is 0 Å². The second-order valence-electron chi connectivity index (χ2n) is 3.15. The van der Waals surface area contributed by atoms with E-state index in [-0.39, 0.29) is 11.6 Å². The van der Waals surface area contributed by atoms with E-state index < -0.39 is 5.56 Å². The van der Waals surface area contributed by atoms with E-state index in [1.807, 2.05) is 0 Å². The highest BCUT2D eigenvalue weighted by Crippen LogP contribution is 2.25. The lowest BCUT2D eigenvalue weighted by atomic mass is 10.1. The molecule has 82 valence electrons. The summed E-state index contributed by atoms with van der Waals surface area (Å²) in [6.45, 7) is 0. The number of H-pyrrole nitrogens is 1. The lowest BCUT2D eigenvalue weighted by Crippen LogP contribution is -2.11. The summed E-state index contributed by atoms with van der Waals surface area (Å²) in [5, 5.41) is 5.95. The van der Waals surface area contributed by atoms with Crippen molar-refractivity contribution < 1.29 is 9.13 Å². The fourth-order valence-electron chi connectivity index (χ4n) is 1.42. The highest BCUT2D eigenvalue weighted by atomic mass is 19.1. The van der Waals surface area contributed by atoms with Crippen LogP contribution in [-0.2, 0) is 0 Å². The van der Waals surface area contributed by atoms with Gasteiger partial charge in [-0.3, -0.25) is 4.79 Å². The van der Waals surface area contributed by atoms with Gasteiger partial charge in [-0.2, -0.15) is 5.10 Å². The van der Waals surface area contributed by atoms with E-state index in [1.54, 1.807) is 12.1 Å². The molecular formula is C11H9FN2O2. The summed E-state index contributed by atoms with van der Waals surface area (Å²) in [6, 6.07) is 5.76. The first-order valence-electron chi connectivity index (χ1n) is 4.60. The zero-order valence-electron chi connectivity index (χ0n) is 8.53.